The lowest BCUT2D eigenvalue weighted by molar-refractivity contribution is -0.135. The van der Waals surface area contributed by atoms with Gasteiger partial charge in [0.15, 0.2) is 0 Å². The number of carboxylic acids is 1. The number of rotatable bonds is 4. The van der Waals surface area contributed by atoms with Crippen molar-refractivity contribution in [2.45, 2.75) is 13.0 Å². The van der Waals surface area contributed by atoms with Gasteiger partial charge in [0.25, 0.3) is 0 Å². The van der Waals surface area contributed by atoms with Gasteiger partial charge in [-0.15, -0.1) is 0 Å². The van der Waals surface area contributed by atoms with Crippen molar-refractivity contribution in [2.75, 3.05) is 0 Å². The first-order valence-corrected chi connectivity index (χ1v) is 4.39. The van der Waals surface area contributed by atoms with E-state index in [9.17, 15) is 4.79 Å². The molecule has 3 nitrogen and oxygen atoms in total. The Labute approximate surface area is 82.9 Å². The molecule has 1 aromatic carbocycles. The lowest BCUT2D eigenvalue weighted by Gasteiger charge is -1.97. The summed E-state index contributed by atoms with van der Waals surface area (Å²) in [7, 11) is 0. The second-order valence-electron chi connectivity index (χ2n) is 2.95. The predicted octanol–water partition coefficient (Wildman–Crippen LogP) is 1.63. The average Bonchev–Trinajstić information content (AvgIpc) is 2.18. The molecule has 0 aliphatic rings. The minimum atomic E-state index is -0.823. The molecule has 0 heterocycles. The third-order valence-corrected chi connectivity index (χ3v) is 1.79. The first-order valence-electron chi connectivity index (χ1n) is 4.39. The monoisotopic (exact) mass is 191 g/mol. The van der Waals surface area contributed by atoms with Gasteiger partial charge < -0.3 is 10.8 Å². The van der Waals surface area contributed by atoms with Gasteiger partial charge in [0, 0.05) is 6.54 Å². The minimum Gasteiger partial charge on any atom is -0.481 e. The van der Waals surface area contributed by atoms with E-state index >= 15 is 0 Å². The maximum absolute atomic E-state index is 10.2. The summed E-state index contributed by atoms with van der Waals surface area (Å²) in [5.74, 6) is -0.823. The van der Waals surface area contributed by atoms with Crippen LogP contribution in [0.3, 0.4) is 0 Å². The van der Waals surface area contributed by atoms with E-state index in [2.05, 4.69) is 0 Å². The van der Waals surface area contributed by atoms with Crippen LogP contribution in [0.25, 0.3) is 6.08 Å². The number of nitrogens with two attached hydrogens (primary N) is 1. The fraction of sp³-hybridized carbons (Fsp3) is 0.182. The molecule has 3 N–H and O–H groups in total. The average molecular weight is 191 g/mol. The van der Waals surface area contributed by atoms with Crippen LogP contribution in [0.1, 0.15) is 17.5 Å². The zero-order valence-electron chi connectivity index (χ0n) is 7.81. The molecule has 0 bridgehead atoms. The van der Waals surface area contributed by atoms with Crippen LogP contribution in [0.15, 0.2) is 30.3 Å². The Kier molecular flexibility index (Phi) is 3.88. The minimum absolute atomic E-state index is 0.0485. The number of aliphatic carboxylic acids is 1. The Balaban J connectivity index is 2.66. The van der Waals surface area contributed by atoms with E-state index in [4.69, 9.17) is 10.8 Å². The SMILES string of the molecule is NCc1cccc(C=CCC(=O)O)c1. The predicted molar refractivity (Wildman–Crippen MR) is 55.6 cm³/mol. The molecule has 0 spiro atoms. The molecule has 0 radical (unpaired) electrons. The second-order valence-corrected chi connectivity index (χ2v) is 2.95. The van der Waals surface area contributed by atoms with Crippen LogP contribution in [0.2, 0.25) is 0 Å². The largest absolute Gasteiger partial charge is 0.481 e. The molecule has 0 aliphatic carbocycles. The van der Waals surface area contributed by atoms with Crippen LogP contribution in [0.4, 0.5) is 0 Å². The first-order chi connectivity index (χ1) is 6.72. The number of carbonyl (C=O) groups is 1. The Morgan fingerprint density at radius 2 is 2.29 bits per heavy atom. The maximum atomic E-state index is 10.2. The van der Waals surface area contributed by atoms with Crippen molar-refractivity contribution < 1.29 is 9.90 Å². The van der Waals surface area contributed by atoms with Gasteiger partial charge in [-0.2, -0.15) is 0 Å². The molecule has 1 aromatic rings. The van der Waals surface area contributed by atoms with Gasteiger partial charge in [-0.1, -0.05) is 36.4 Å². The van der Waals surface area contributed by atoms with Crippen LogP contribution >= 0.6 is 0 Å². The molecule has 0 atom stereocenters. The van der Waals surface area contributed by atoms with Crippen molar-refractivity contribution in [1.29, 1.82) is 0 Å². The topological polar surface area (TPSA) is 63.3 Å². The summed E-state index contributed by atoms with van der Waals surface area (Å²) >= 11 is 0. The Morgan fingerprint density at radius 3 is 2.93 bits per heavy atom. The van der Waals surface area contributed by atoms with E-state index in [0.29, 0.717) is 6.54 Å². The van der Waals surface area contributed by atoms with Crippen molar-refractivity contribution >= 4 is 12.0 Å². The van der Waals surface area contributed by atoms with Crippen molar-refractivity contribution in [1.82, 2.24) is 0 Å². The summed E-state index contributed by atoms with van der Waals surface area (Å²) in [5, 5.41) is 8.42. The van der Waals surface area contributed by atoms with Crippen molar-refractivity contribution in [2.24, 2.45) is 5.73 Å². The van der Waals surface area contributed by atoms with E-state index in [-0.39, 0.29) is 6.42 Å². The highest BCUT2D eigenvalue weighted by molar-refractivity contribution is 5.70. The molecule has 14 heavy (non-hydrogen) atoms. The molecule has 0 saturated carbocycles. The van der Waals surface area contributed by atoms with Gasteiger partial charge in [0.2, 0.25) is 0 Å². The first kappa shape index (κ1) is 10.5. The van der Waals surface area contributed by atoms with Crippen LogP contribution in [0.5, 0.6) is 0 Å². The normalized spacial score (nSPS) is 10.6. The number of carboxylic acid groups (broad SMARTS) is 1. The quantitative estimate of drug-likeness (QED) is 0.760. The van der Waals surface area contributed by atoms with Crippen molar-refractivity contribution in [3.05, 3.63) is 41.5 Å². The van der Waals surface area contributed by atoms with Crippen LogP contribution in [-0.2, 0) is 11.3 Å². The fourth-order valence-corrected chi connectivity index (χ4v) is 1.12. The van der Waals surface area contributed by atoms with Gasteiger partial charge >= 0.3 is 5.97 Å². The fourth-order valence-electron chi connectivity index (χ4n) is 1.12. The van der Waals surface area contributed by atoms with Crippen LogP contribution < -0.4 is 5.73 Å². The van der Waals surface area contributed by atoms with E-state index in [1.807, 2.05) is 24.3 Å². The Bertz CT molecular complexity index is 345. The van der Waals surface area contributed by atoms with Crippen molar-refractivity contribution in [3.8, 4) is 0 Å². The summed E-state index contributed by atoms with van der Waals surface area (Å²) in [6.45, 7) is 0.501. The zero-order chi connectivity index (χ0) is 10.4. The smallest absolute Gasteiger partial charge is 0.307 e. The number of hydrogen-bond donors (Lipinski definition) is 2. The molecule has 1 rings (SSSR count). The highest BCUT2D eigenvalue weighted by atomic mass is 16.4. The lowest BCUT2D eigenvalue weighted by Crippen LogP contribution is -1.95. The van der Waals surface area contributed by atoms with E-state index in [1.165, 1.54) is 0 Å². The standard InChI is InChI=1S/C11H13NO2/c12-8-10-5-1-3-9(7-10)4-2-6-11(13)14/h1-5,7H,6,8,12H2,(H,13,14). The van der Waals surface area contributed by atoms with Gasteiger partial charge in [0.05, 0.1) is 6.42 Å². The molecular weight excluding hydrogens is 178 g/mol. The summed E-state index contributed by atoms with van der Waals surface area (Å²) in [4.78, 5) is 10.2. The molecular formula is C11H13NO2. The summed E-state index contributed by atoms with van der Waals surface area (Å²) < 4.78 is 0. The second kappa shape index (κ2) is 5.19. The lowest BCUT2D eigenvalue weighted by atomic mass is 10.1. The molecule has 3 heteroatoms. The summed E-state index contributed by atoms with van der Waals surface area (Å²) in [5.41, 5.74) is 7.50. The van der Waals surface area contributed by atoms with E-state index in [0.717, 1.165) is 11.1 Å². The number of benzene rings is 1. The molecule has 0 aromatic heterocycles. The van der Waals surface area contributed by atoms with Crippen molar-refractivity contribution in [3.63, 3.8) is 0 Å². The molecule has 0 fully saturated rings. The maximum Gasteiger partial charge on any atom is 0.307 e. The van der Waals surface area contributed by atoms with E-state index < -0.39 is 5.97 Å². The number of hydrogen-bond acceptors (Lipinski definition) is 2. The molecule has 0 unspecified atom stereocenters. The third kappa shape index (κ3) is 3.41. The Hall–Kier alpha value is -1.61. The Morgan fingerprint density at radius 1 is 1.50 bits per heavy atom. The zero-order valence-corrected chi connectivity index (χ0v) is 7.81. The summed E-state index contributed by atoms with van der Waals surface area (Å²) in [6.07, 6.45) is 3.46. The summed E-state index contributed by atoms with van der Waals surface area (Å²) in [6, 6.07) is 7.70. The molecule has 0 saturated heterocycles. The third-order valence-electron chi connectivity index (χ3n) is 1.79. The molecule has 74 valence electrons. The molecule has 0 amide bonds. The highest BCUT2D eigenvalue weighted by Gasteiger charge is 1.92. The molecule has 0 aliphatic heterocycles. The van der Waals surface area contributed by atoms with Crippen LogP contribution in [-0.4, -0.2) is 11.1 Å². The van der Waals surface area contributed by atoms with E-state index in [1.54, 1.807) is 12.2 Å². The highest BCUT2D eigenvalue weighted by Crippen LogP contribution is 2.06. The van der Waals surface area contributed by atoms with Crippen LogP contribution in [0, 0.1) is 0 Å². The van der Waals surface area contributed by atoms with Gasteiger partial charge in [-0.05, 0) is 11.1 Å². The van der Waals surface area contributed by atoms with Gasteiger partial charge in [-0.3, -0.25) is 4.79 Å². The van der Waals surface area contributed by atoms with Gasteiger partial charge in [0.1, 0.15) is 0 Å². The van der Waals surface area contributed by atoms with Gasteiger partial charge in [-0.25, -0.2) is 0 Å².